The van der Waals surface area contributed by atoms with Crippen molar-refractivity contribution in [2.45, 2.75) is 12.8 Å². The van der Waals surface area contributed by atoms with Crippen molar-refractivity contribution in [1.82, 2.24) is 4.57 Å². The molecule has 4 rings (SSSR count). The van der Waals surface area contributed by atoms with E-state index >= 15 is 0 Å². The molecule has 26 heavy (non-hydrogen) atoms. The highest BCUT2D eigenvalue weighted by atomic mass is 16.5. The molecule has 5 nitrogen and oxygen atoms in total. The Labute approximate surface area is 151 Å². The van der Waals surface area contributed by atoms with Gasteiger partial charge in [0, 0.05) is 29.2 Å². The summed E-state index contributed by atoms with van der Waals surface area (Å²) in [5.41, 5.74) is 2.82. The Kier molecular flexibility index (Phi) is 4.21. The first-order valence-electron chi connectivity index (χ1n) is 8.73. The van der Waals surface area contributed by atoms with Crippen molar-refractivity contribution in [2.24, 2.45) is 13.0 Å². The van der Waals surface area contributed by atoms with Crippen LogP contribution in [0.15, 0.2) is 48.5 Å². The Bertz CT molecular complexity index is 969. The number of aryl methyl sites for hydroxylation is 1. The van der Waals surface area contributed by atoms with Gasteiger partial charge in [-0.05, 0) is 67.3 Å². The van der Waals surface area contributed by atoms with Gasteiger partial charge in [0.05, 0.1) is 12.3 Å². The topological polar surface area (TPSA) is 60.3 Å². The number of hydrogen-bond donors (Lipinski definition) is 1. The van der Waals surface area contributed by atoms with E-state index in [4.69, 9.17) is 4.74 Å². The van der Waals surface area contributed by atoms with Crippen molar-refractivity contribution in [1.29, 1.82) is 0 Å². The van der Waals surface area contributed by atoms with E-state index < -0.39 is 0 Å². The monoisotopic (exact) mass is 348 g/mol. The normalized spacial score (nSPS) is 13.6. The molecule has 2 aromatic carbocycles. The fourth-order valence-corrected chi connectivity index (χ4v) is 2.97. The third kappa shape index (κ3) is 3.33. The second-order valence-electron chi connectivity index (χ2n) is 6.75. The smallest absolute Gasteiger partial charge is 0.255 e. The van der Waals surface area contributed by atoms with Gasteiger partial charge in [-0.25, -0.2) is 0 Å². The van der Waals surface area contributed by atoms with Gasteiger partial charge >= 0.3 is 0 Å². The lowest BCUT2D eigenvalue weighted by Crippen LogP contribution is -2.11. The van der Waals surface area contributed by atoms with Crippen LogP contribution in [0.1, 0.15) is 33.7 Å². The SMILES string of the molecule is Cn1c(C=O)cc2cc(NC(=O)c3ccc(OCC4CC4)cc3)ccc21. The highest BCUT2D eigenvalue weighted by Crippen LogP contribution is 2.29. The average Bonchev–Trinajstić information content (AvgIpc) is 3.43. The van der Waals surface area contributed by atoms with Gasteiger partial charge < -0.3 is 14.6 Å². The van der Waals surface area contributed by atoms with Crippen molar-refractivity contribution >= 4 is 28.8 Å². The van der Waals surface area contributed by atoms with E-state index in [-0.39, 0.29) is 5.91 Å². The Morgan fingerprint density at radius 1 is 1.19 bits per heavy atom. The Balaban J connectivity index is 1.46. The third-order valence-corrected chi connectivity index (χ3v) is 4.76. The van der Waals surface area contributed by atoms with E-state index in [1.54, 1.807) is 12.1 Å². The van der Waals surface area contributed by atoms with Gasteiger partial charge in [-0.2, -0.15) is 0 Å². The van der Waals surface area contributed by atoms with Gasteiger partial charge in [-0.1, -0.05) is 0 Å². The molecule has 0 bridgehead atoms. The first-order chi connectivity index (χ1) is 12.6. The van der Waals surface area contributed by atoms with Gasteiger partial charge in [0.25, 0.3) is 5.91 Å². The van der Waals surface area contributed by atoms with E-state index in [2.05, 4.69) is 5.32 Å². The highest BCUT2D eigenvalue weighted by Gasteiger charge is 2.21. The molecule has 0 atom stereocenters. The Morgan fingerprint density at radius 2 is 1.96 bits per heavy atom. The van der Waals surface area contributed by atoms with Crippen LogP contribution in [-0.4, -0.2) is 23.4 Å². The van der Waals surface area contributed by atoms with E-state index in [0.717, 1.165) is 29.5 Å². The lowest BCUT2D eigenvalue weighted by molar-refractivity contribution is 0.102. The van der Waals surface area contributed by atoms with Crippen LogP contribution in [-0.2, 0) is 7.05 Å². The van der Waals surface area contributed by atoms with E-state index in [1.165, 1.54) is 12.8 Å². The molecule has 3 aromatic rings. The van der Waals surface area contributed by atoms with Crippen molar-refractivity contribution < 1.29 is 14.3 Å². The van der Waals surface area contributed by atoms with E-state index in [1.807, 2.05) is 48.0 Å². The third-order valence-electron chi connectivity index (χ3n) is 4.76. The summed E-state index contributed by atoms with van der Waals surface area (Å²) in [5.74, 6) is 1.32. The van der Waals surface area contributed by atoms with Crippen LogP contribution >= 0.6 is 0 Å². The number of anilines is 1. The molecule has 1 aliphatic carbocycles. The maximum atomic E-state index is 12.5. The van der Waals surface area contributed by atoms with Gasteiger partial charge in [0.2, 0.25) is 0 Å². The second kappa shape index (κ2) is 6.67. The number of amides is 1. The van der Waals surface area contributed by atoms with Crippen molar-refractivity contribution in [3.05, 3.63) is 59.8 Å². The minimum Gasteiger partial charge on any atom is -0.493 e. The summed E-state index contributed by atoms with van der Waals surface area (Å²) in [5, 5.41) is 3.81. The molecule has 5 heteroatoms. The number of benzene rings is 2. The molecule has 132 valence electrons. The molecule has 0 saturated heterocycles. The van der Waals surface area contributed by atoms with Crippen molar-refractivity contribution in [3.8, 4) is 5.75 Å². The summed E-state index contributed by atoms with van der Waals surface area (Å²) >= 11 is 0. The van der Waals surface area contributed by atoms with Gasteiger partial charge in [0.1, 0.15) is 5.75 Å². The van der Waals surface area contributed by atoms with Crippen molar-refractivity contribution in [2.75, 3.05) is 11.9 Å². The molecular formula is C21H20N2O3. The molecule has 0 aliphatic heterocycles. The summed E-state index contributed by atoms with van der Waals surface area (Å²) in [6, 6.07) is 14.6. The molecule has 1 heterocycles. The summed E-state index contributed by atoms with van der Waals surface area (Å²) in [6.07, 6.45) is 3.33. The number of carbonyl (C=O) groups excluding carboxylic acids is 2. The van der Waals surface area contributed by atoms with Crippen LogP contribution in [0, 0.1) is 5.92 Å². The van der Waals surface area contributed by atoms with Crippen LogP contribution in [0.3, 0.4) is 0 Å². The van der Waals surface area contributed by atoms with Crippen LogP contribution in [0.4, 0.5) is 5.69 Å². The van der Waals surface area contributed by atoms with Crippen LogP contribution in [0.25, 0.3) is 10.9 Å². The minimum atomic E-state index is -0.176. The maximum Gasteiger partial charge on any atom is 0.255 e. The standard InChI is InChI=1S/C21H20N2O3/c1-23-18(12-24)11-16-10-17(6-9-20(16)23)22-21(25)15-4-7-19(8-5-15)26-13-14-2-3-14/h4-12,14H,2-3,13H2,1H3,(H,22,25). The van der Waals surface area contributed by atoms with Gasteiger partial charge in [-0.3, -0.25) is 9.59 Å². The zero-order valence-corrected chi connectivity index (χ0v) is 14.6. The molecule has 1 saturated carbocycles. The zero-order chi connectivity index (χ0) is 18.1. The molecule has 1 amide bonds. The average molecular weight is 348 g/mol. The lowest BCUT2D eigenvalue weighted by atomic mass is 10.2. The van der Waals surface area contributed by atoms with Crippen LogP contribution < -0.4 is 10.1 Å². The number of hydrogen-bond acceptors (Lipinski definition) is 3. The molecular weight excluding hydrogens is 328 g/mol. The Morgan fingerprint density at radius 3 is 2.65 bits per heavy atom. The highest BCUT2D eigenvalue weighted by molar-refractivity contribution is 6.05. The quantitative estimate of drug-likeness (QED) is 0.684. The van der Waals surface area contributed by atoms with E-state index in [0.29, 0.717) is 22.9 Å². The first-order valence-corrected chi connectivity index (χ1v) is 8.73. The molecule has 0 radical (unpaired) electrons. The predicted molar refractivity (Wildman–Crippen MR) is 101 cm³/mol. The molecule has 1 fully saturated rings. The number of nitrogens with one attached hydrogen (secondary N) is 1. The molecule has 0 spiro atoms. The minimum absolute atomic E-state index is 0.176. The maximum absolute atomic E-state index is 12.5. The number of aldehydes is 1. The predicted octanol–water partition coefficient (Wildman–Crippen LogP) is 4.03. The molecule has 1 N–H and O–H groups in total. The van der Waals surface area contributed by atoms with Crippen LogP contribution in [0.2, 0.25) is 0 Å². The lowest BCUT2D eigenvalue weighted by Gasteiger charge is -2.08. The van der Waals surface area contributed by atoms with Crippen LogP contribution in [0.5, 0.6) is 5.75 Å². The largest absolute Gasteiger partial charge is 0.493 e. The summed E-state index contributed by atoms with van der Waals surface area (Å²) in [7, 11) is 1.84. The molecule has 0 unspecified atom stereocenters. The number of fused-ring (bicyclic) bond motifs is 1. The molecule has 1 aromatic heterocycles. The molecule has 1 aliphatic rings. The summed E-state index contributed by atoms with van der Waals surface area (Å²) < 4.78 is 7.52. The van der Waals surface area contributed by atoms with Gasteiger partial charge in [-0.15, -0.1) is 0 Å². The number of ether oxygens (including phenoxy) is 1. The number of aromatic nitrogens is 1. The second-order valence-corrected chi connectivity index (χ2v) is 6.75. The van der Waals surface area contributed by atoms with Crippen molar-refractivity contribution in [3.63, 3.8) is 0 Å². The van der Waals surface area contributed by atoms with E-state index in [9.17, 15) is 9.59 Å². The fraction of sp³-hybridized carbons (Fsp3) is 0.238. The number of rotatable bonds is 6. The fourth-order valence-electron chi connectivity index (χ4n) is 2.97. The Hall–Kier alpha value is -3.08. The van der Waals surface area contributed by atoms with Gasteiger partial charge in [0.15, 0.2) is 6.29 Å². The summed E-state index contributed by atoms with van der Waals surface area (Å²) in [6.45, 7) is 0.755. The number of nitrogens with zero attached hydrogens (tertiary/aromatic N) is 1. The zero-order valence-electron chi connectivity index (χ0n) is 14.6. The first kappa shape index (κ1) is 16.4. The number of carbonyl (C=O) groups is 2. The summed E-state index contributed by atoms with van der Waals surface area (Å²) in [4.78, 5) is 23.5.